The Balaban J connectivity index is 1.17. The van der Waals surface area contributed by atoms with E-state index in [2.05, 4.69) is 30.9 Å². The molecular weight excluding hydrogens is 690 g/mol. The minimum Gasteiger partial charge on any atom is -0.394 e. The third kappa shape index (κ3) is 6.89. The molecule has 3 fully saturated rings. The molecule has 0 radical (unpaired) electrons. The highest BCUT2D eigenvalue weighted by Gasteiger charge is 2.49. The molecule has 51 heavy (non-hydrogen) atoms. The molecule has 24 heteroatoms. The molecule has 0 aliphatic carbocycles. The van der Waals surface area contributed by atoms with Crippen LogP contribution >= 0.6 is 0 Å². The Morgan fingerprint density at radius 3 is 1.00 bits per heavy atom. The van der Waals surface area contributed by atoms with E-state index in [1.54, 1.807) is 0 Å². The van der Waals surface area contributed by atoms with Crippen molar-refractivity contribution in [2.75, 3.05) is 19.8 Å². The van der Waals surface area contributed by atoms with E-state index in [4.69, 9.17) is 28.4 Å². The fraction of sp³-hybridized carbons (Fsp3) is 0.778. The highest BCUT2D eigenvalue weighted by atomic mass is 16.6. The fourth-order valence-corrected chi connectivity index (χ4v) is 6.53. The molecule has 15 atom stereocenters. The van der Waals surface area contributed by atoms with E-state index in [1.807, 2.05) is 0 Å². The molecule has 9 aliphatic rings. The molecule has 9 N–H and O–H groups in total. The van der Waals surface area contributed by atoms with Gasteiger partial charge in [-0.1, -0.05) is 15.6 Å². The lowest BCUT2D eigenvalue weighted by Gasteiger charge is -2.41. The monoisotopic (exact) mass is 729 g/mol. The van der Waals surface area contributed by atoms with Crippen molar-refractivity contribution >= 4 is 0 Å². The van der Waals surface area contributed by atoms with Crippen molar-refractivity contribution in [2.24, 2.45) is 0 Å². The SMILES string of the molecule is OC[C@H]1O[C@H]2[C@@H](O)[C@@H](O)[C@@H]1OCc1cn(nn1)[C@H]1O[C@H](CO)[C@@H](OCc3cn(nn3)[C@H]3O[C@H](CO)[C@@H](OCc4cn2nn4)[C@H](O)[C@@H]3O)[C@H](O)[C@@H]1O. The van der Waals surface area contributed by atoms with Gasteiger partial charge < -0.3 is 74.4 Å². The van der Waals surface area contributed by atoms with Crippen LogP contribution in [0.25, 0.3) is 0 Å². The number of aliphatic hydroxyl groups excluding tert-OH is 9. The van der Waals surface area contributed by atoms with E-state index in [0.29, 0.717) is 0 Å². The highest BCUT2D eigenvalue weighted by Crippen LogP contribution is 2.34. The smallest absolute Gasteiger partial charge is 0.180 e. The van der Waals surface area contributed by atoms with Gasteiger partial charge in [0.25, 0.3) is 0 Å². The Kier molecular flexibility index (Phi) is 10.7. The number of aromatic nitrogens is 9. The zero-order valence-corrected chi connectivity index (χ0v) is 26.6. The van der Waals surface area contributed by atoms with E-state index in [1.165, 1.54) is 18.6 Å². The van der Waals surface area contributed by atoms with Gasteiger partial charge in [0, 0.05) is 0 Å². The summed E-state index contributed by atoms with van der Waals surface area (Å²) in [6.45, 7) is -2.79. The number of hydrogen-bond acceptors (Lipinski definition) is 21. The Labute approximate surface area is 286 Å². The molecule has 0 spiro atoms. The van der Waals surface area contributed by atoms with Crippen LogP contribution in [0.2, 0.25) is 0 Å². The topological polar surface area (TPSA) is 330 Å². The predicted octanol–water partition coefficient (Wildman–Crippen LogP) is -6.63. The van der Waals surface area contributed by atoms with Crippen LogP contribution in [-0.2, 0) is 48.2 Å². The van der Waals surface area contributed by atoms with Crippen molar-refractivity contribution in [1.29, 1.82) is 0 Å². The van der Waals surface area contributed by atoms with Gasteiger partial charge in [0.1, 0.15) is 90.3 Å². The predicted molar refractivity (Wildman–Crippen MR) is 155 cm³/mol. The summed E-state index contributed by atoms with van der Waals surface area (Å²) < 4.78 is 38.2. The second-order valence-corrected chi connectivity index (χ2v) is 12.6. The lowest BCUT2D eigenvalue weighted by molar-refractivity contribution is -0.267. The summed E-state index contributed by atoms with van der Waals surface area (Å²) in [4.78, 5) is 0. The molecule has 0 aromatic carbocycles. The average Bonchev–Trinajstić information content (AvgIpc) is 3.92. The van der Waals surface area contributed by atoms with Gasteiger partial charge in [-0.25, -0.2) is 14.0 Å². The van der Waals surface area contributed by atoms with Crippen LogP contribution in [0, 0.1) is 0 Å². The van der Waals surface area contributed by atoms with Crippen molar-refractivity contribution < 1.29 is 74.4 Å². The summed E-state index contributed by atoms with van der Waals surface area (Å²) in [5.41, 5.74) is 0.535. The molecule has 0 saturated carbocycles. The Morgan fingerprint density at radius 1 is 0.471 bits per heavy atom. The summed E-state index contributed by atoms with van der Waals surface area (Å²) in [5, 5.41) is 120. The van der Waals surface area contributed by atoms with Gasteiger partial charge in [0.15, 0.2) is 18.7 Å². The highest BCUT2D eigenvalue weighted by molar-refractivity contribution is 5.01. The lowest BCUT2D eigenvalue weighted by Crippen LogP contribution is -2.57. The molecule has 3 aromatic rings. The van der Waals surface area contributed by atoms with E-state index in [0.717, 1.165) is 14.0 Å². The first-order chi connectivity index (χ1) is 24.6. The van der Waals surface area contributed by atoms with Crippen molar-refractivity contribution in [3.63, 3.8) is 0 Å². The number of nitrogens with zero attached hydrogens (tertiary/aromatic N) is 9. The summed E-state index contributed by atoms with van der Waals surface area (Å²) in [6, 6.07) is 0. The van der Waals surface area contributed by atoms with Crippen LogP contribution in [0.15, 0.2) is 18.6 Å². The normalized spacial score (nSPS) is 40.8. The number of ether oxygens (including phenoxy) is 6. The summed E-state index contributed by atoms with van der Waals surface area (Å²) in [7, 11) is 0. The first-order valence-electron chi connectivity index (χ1n) is 16.1. The van der Waals surface area contributed by atoms with Crippen molar-refractivity contribution in [3.8, 4) is 0 Å². The van der Waals surface area contributed by atoms with Gasteiger partial charge in [-0.05, 0) is 0 Å². The van der Waals surface area contributed by atoms with Crippen molar-refractivity contribution in [3.05, 3.63) is 35.7 Å². The minimum atomic E-state index is -1.62. The van der Waals surface area contributed by atoms with E-state index < -0.39 is 112 Å². The Bertz CT molecular complexity index is 1410. The molecule has 12 heterocycles. The van der Waals surface area contributed by atoms with Gasteiger partial charge >= 0.3 is 0 Å². The first kappa shape index (κ1) is 36.2. The van der Waals surface area contributed by atoms with Crippen molar-refractivity contribution in [2.45, 2.75) is 112 Å². The number of hydrogen-bond donors (Lipinski definition) is 9. The number of aliphatic hydroxyl groups is 9. The van der Waals surface area contributed by atoms with Gasteiger partial charge in [0.05, 0.1) is 58.2 Å². The van der Waals surface area contributed by atoms with Gasteiger partial charge in [-0.3, -0.25) is 0 Å². The average molecular weight is 730 g/mol. The standard InChI is InChI=1S/C27H39N9O15/c37-4-13-23-16(40)19(43)25(49-13)34-1-10(28-31-34)7-46-22-14(5-38)50-26(20(44)17(22)41)35-3-12(30-32-35)9-48-24-15(6-39)51-27(21(45)18(24)42)36-2-11(8-47-23)29-33-36/h1-3,13-27,37-45H,4-9H2/t13-,14-,15-,16-,17-,18-,19+,20+,21+,22-,23-,24-,25+,26+,27+/m1/s1. The van der Waals surface area contributed by atoms with Gasteiger partial charge in [-0.15, -0.1) is 15.3 Å². The molecule has 282 valence electrons. The lowest BCUT2D eigenvalue weighted by atomic mass is 9.98. The van der Waals surface area contributed by atoms with Crippen LogP contribution in [0.3, 0.4) is 0 Å². The molecule has 0 unspecified atom stereocenters. The van der Waals surface area contributed by atoms with E-state index >= 15 is 0 Å². The second-order valence-electron chi connectivity index (χ2n) is 12.6. The second kappa shape index (κ2) is 15.0. The summed E-state index contributed by atoms with van der Waals surface area (Å²) >= 11 is 0. The maximum absolute atomic E-state index is 11.0. The maximum Gasteiger partial charge on any atom is 0.180 e. The minimum absolute atomic E-state index is 0.178. The van der Waals surface area contributed by atoms with Gasteiger partial charge in [-0.2, -0.15) is 0 Å². The van der Waals surface area contributed by atoms with Crippen LogP contribution in [0.5, 0.6) is 0 Å². The molecule has 9 aliphatic heterocycles. The summed E-state index contributed by atoms with van der Waals surface area (Å²) in [5.74, 6) is 0. The third-order valence-electron chi connectivity index (χ3n) is 9.24. The number of rotatable bonds is 3. The maximum atomic E-state index is 11.0. The van der Waals surface area contributed by atoms with Crippen LogP contribution < -0.4 is 0 Å². The fourth-order valence-electron chi connectivity index (χ4n) is 6.53. The molecule has 12 rings (SSSR count). The molecule has 24 nitrogen and oxygen atoms in total. The largest absolute Gasteiger partial charge is 0.394 e. The molecule has 3 aromatic heterocycles. The van der Waals surface area contributed by atoms with Crippen LogP contribution in [0.1, 0.15) is 35.8 Å². The molecule has 12 bridgehead atoms. The van der Waals surface area contributed by atoms with E-state index in [-0.39, 0.29) is 36.9 Å². The Hall–Kier alpha value is -3.18. The first-order valence-corrected chi connectivity index (χ1v) is 16.1. The van der Waals surface area contributed by atoms with Crippen LogP contribution in [0.4, 0.5) is 0 Å². The van der Waals surface area contributed by atoms with Gasteiger partial charge in [0.2, 0.25) is 0 Å². The Morgan fingerprint density at radius 2 is 0.745 bits per heavy atom. The molecule has 3 saturated heterocycles. The van der Waals surface area contributed by atoms with E-state index in [9.17, 15) is 46.0 Å². The zero-order valence-electron chi connectivity index (χ0n) is 26.6. The zero-order chi connectivity index (χ0) is 36.0. The molecular formula is C27H39N9O15. The van der Waals surface area contributed by atoms with Crippen molar-refractivity contribution in [1.82, 2.24) is 45.0 Å². The van der Waals surface area contributed by atoms with Crippen LogP contribution in [-0.4, -0.2) is 184 Å². The quantitative estimate of drug-likeness (QED) is 0.121. The molecule has 0 amide bonds. The summed E-state index contributed by atoms with van der Waals surface area (Å²) in [6.07, 6.45) is -16.9. The third-order valence-corrected chi connectivity index (χ3v) is 9.24.